The predicted octanol–water partition coefficient (Wildman–Crippen LogP) is 4.45. The average Bonchev–Trinajstić information content (AvgIpc) is 3.68. The molecule has 0 aliphatic carbocycles. The second-order valence-electron chi connectivity index (χ2n) is 9.43. The summed E-state index contributed by atoms with van der Waals surface area (Å²) in [6.07, 6.45) is 4.36. The number of carbonyl (C=O) groups excluding carboxylic acids is 3. The molecule has 2 aromatic heterocycles. The second-order valence-corrected chi connectivity index (χ2v) is 12.2. The Bertz CT molecular complexity index is 1670. The van der Waals surface area contributed by atoms with Gasteiger partial charge in [0, 0.05) is 34.9 Å². The number of likely N-dealkylation sites (tertiary alicyclic amines) is 1. The maximum atomic E-state index is 13.2. The second kappa shape index (κ2) is 10.6. The monoisotopic (exact) mass is 562 g/mol. The molecule has 2 amide bonds. The van der Waals surface area contributed by atoms with Crippen LogP contribution in [0.3, 0.4) is 0 Å². The minimum atomic E-state index is -3.54. The van der Waals surface area contributed by atoms with E-state index in [4.69, 9.17) is 0 Å². The highest BCUT2D eigenvalue weighted by Gasteiger charge is 2.35. The molecule has 0 bridgehead atoms. The number of aromatic nitrogens is 2. The van der Waals surface area contributed by atoms with Crippen LogP contribution in [-0.4, -0.2) is 59.2 Å². The van der Waals surface area contributed by atoms with Crippen LogP contribution < -0.4 is 5.32 Å². The van der Waals surface area contributed by atoms with Crippen LogP contribution in [0.15, 0.2) is 66.2 Å². The van der Waals surface area contributed by atoms with Gasteiger partial charge in [0.1, 0.15) is 12.3 Å². The Morgan fingerprint density at radius 3 is 2.51 bits per heavy atom. The van der Waals surface area contributed by atoms with E-state index in [-0.39, 0.29) is 17.4 Å². The molecule has 0 saturated carbocycles. The third kappa shape index (κ3) is 5.55. The first-order valence-electron chi connectivity index (χ1n) is 12.3. The lowest BCUT2D eigenvalue weighted by Crippen LogP contribution is -2.43. The molecular weight excluding hydrogens is 536 g/mol. The highest BCUT2D eigenvalue weighted by Crippen LogP contribution is 2.30. The number of rotatable bonds is 7. The van der Waals surface area contributed by atoms with Gasteiger partial charge in [-0.05, 0) is 43.0 Å². The first kappa shape index (κ1) is 26.5. The molecule has 200 valence electrons. The number of aryl methyl sites for hydroxylation is 1. The summed E-state index contributed by atoms with van der Waals surface area (Å²) >= 11 is 1.30. The van der Waals surface area contributed by atoms with Crippen LogP contribution in [-0.2, 0) is 14.8 Å². The molecule has 1 aliphatic heterocycles. The fourth-order valence-corrected chi connectivity index (χ4v) is 6.34. The van der Waals surface area contributed by atoms with Crippen LogP contribution in [0, 0.1) is 6.92 Å². The Balaban J connectivity index is 1.30. The zero-order valence-corrected chi connectivity index (χ0v) is 23.0. The Morgan fingerprint density at radius 2 is 1.82 bits per heavy atom. The molecule has 0 spiro atoms. The topological polar surface area (TPSA) is 118 Å². The molecule has 1 N–H and O–H groups in total. The minimum Gasteiger partial charge on any atom is -0.327 e. The highest BCUT2D eigenvalue weighted by molar-refractivity contribution is 7.89. The number of hydrogen-bond donors (Lipinski definition) is 1. The van der Waals surface area contributed by atoms with Crippen molar-refractivity contribution in [3.63, 3.8) is 0 Å². The normalized spacial score (nSPS) is 15.3. The van der Waals surface area contributed by atoms with E-state index in [1.54, 1.807) is 19.1 Å². The molecule has 11 heteroatoms. The maximum absolute atomic E-state index is 13.2. The lowest BCUT2D eigenvalue weighted by molar-refractivity contribution is -0.119. The van der Waals surface area contributed by atoms with Crippen molar-refractivity contribution < 1.29 is 22.8 Å². The Morgan fingerprint density at radius 1 is 1.08 bits per heavy atom. The number of benzene rings is 2. The molecule has 0 radical (unpaired) electrons. The van der Waals surface area contributed by atoms with Crippen molar-refractivity contribution in [2.45, 2.75) is 25.8 Å². The van der Waals surface area contributed by atoms with E-state index in [1.807, 2.05) is 41.8 Å². The van der Waals surface area contributed by atoms with E-state index in [9.17, 15) is 22.8 Å². The van der Waals surface area contributed by atoms with Crippen molar-refractivity contribution >= 4 is 44.6 Å². The molecule has 3 heterocycles. The lowest BCUT2D eigenvalue weighted by Gasteiger charge is -2.23. The fourth-order valence-electron chi connectivity index (χ4n) is 4.74. The van der Waals surface area contributed by atoms with Gasteiger partial charge in [0.25, 0.3) is 5.91 Å². The van der Waals surface area contributed by atoms with Crippen LogP contribution in [0.2, 0.25) is 0 Å². The summed E-state index contributed by atoms with van der Waals surface area (Å²) in [7, 11) is -3.54. The quantitative estimate of drug-likeness (QED) is 0.333. The van der Waals surface area contributed by atoms with Gasteiger partial charge in [-0.2, -0.15) is 0 Å². The van der Waals surface area contributed by atoms with Crippen molar-refractivity contribution in [1.29, 1.82) is 0 Å². The summed E-state index contributed by atoms with van der Waals surface area (Å²) in [5.74, 6) is -0.707. The molecule has 9 nitrogen and oxygen atoms in total. The number of nitrogens with one attached hydrogen (secondary N) is 1. The van der Waals surface area contributed by atoms with Crippen LogP contribution in [0.25, 0.3) is 22.4 Å². The summed E-state index contributed by atoms with van der Waals surface area (Å²) in [5, 5.41) is 5.14. The van der Waals surface area contributed by atoms with Gasteiger partial charge in [-0.15, -0.1) is 11.3 Å². The van der Waals surface area contributed by atoms with Crippen molar-refractivity contribution in [1.82, 2.24) is 13.9 Å². The van der Waals surface area contributed by atoms with Crippen LogP contribution in [0.5, 0.6) is 0 Å². The highest BCUT2D eigenvalue weighted by atomic mass is 32.2. The number of hydrogen-bond acceptors (Lipinski definition) is 7. The van der Waals surface area contributed by atoms with E-state index in [0.29, 0.717) is 41.5 Å². The van der Waals surface area contributed by atoms with E-state index in [1.165, 1.54) is 28.5 Å². The standard InChI is InChI=1S/C28H26N4O5S2/c1-18-13-23(15-32(18)39(2,36)37)27(35)31-12-4-7-25(31)26(34)30-28-29-24(17-38-28)22-6-3-5-21(14-22)20-10-8-19(16-33)9-11-20/h3,5-6,8-11,13-17,25H,4,7,12H2,1-2H3,(H,29,30,34)/t25-/m0/s1. The van der Waals surface area contributed by atoms with Gasteiger partial charge < -0.3 is 10.2 Å². The predicted molar refractivity (Wildman–Crippen MR) is 150 cm³/mol. The molecule has 1 atom stereocenters. The smallest absolute Gasteiger partial charge is 0.256 e. The summed E-state index contributed by atoms with van der Waals surface area (Å²) in [6, 6.07) is 16.0. The van der Waals surface area contributed by atoms with Gasteiger partial charge in [-0.1, -0.05) is 42.5 Å². The van der Waals surface area contributed by atoms with Gasteiger partial charge in [-0.3, -0.25) is 14.4 Å². The van der Waals surface area contributed by atoms with Crippen molar-refractivity contribution in [2.24, 2.45) is 0 Å². The van der Waals surface area contributed by atoms with Crippen LogP contribution in [0.1, 0.15) is 39.3 Å². The number of carbonyl (C=O) groups is 3. The fraction of sp³-hybridized carbons (Fsp3) is 0.214. The van der Waals surface area contributed by atoms with Crippen molar-refractivity contribution in [2.75, 3.05) is 18.1 Å². The number of amides is 2. The van der Waals surface area contributed by atoms with E-state index >= 15 is 0 Å². The minimum absolute atomic E-state index is 0.231. The molecule has 1 aliphatic rings. The Hall–Kier alpha value is -4.09. The summed E-state index contributed by atoms with van der Waals surface area (Å²) in [5.41, 5.74) is 4.81. The van der Waals surface area contributed by atoms with Gasteiger partial charge in [0.05, 0.1) is 17.5 Å². The number of aldehydes is 1. The number of anilines is 1. The van der Waals surface area contributed by atoms with E-state index in [0.717, 1.165) is 33.2 Å². The lowest BCUT2D eigenvalue weighted by atomic mass is 10.0. The molecule has 39 heavy (non-hydrogen) atoms. The third-order valence-electron chi connectivity index (χ3n) is 6.66. The van der Waals surface area contributed by atoms with Gasteiger partial charge >= 0.3 is 0 Å². The summed E-state index contributed by atoms with van der Waals surface area (Å²) < 4.78 is 25.0. The summed E-state index contributed by atoms with van der Waals surface area (Å²) in [6.45, 7) is 2.02. The van der Waals surface area contributed by atoms with Crippen molar-refractivity contribution in [3.05, 3.63) is 83.0 Å². The van der Waals surface area contributed by atoms with Crippen LogP contribution >= 0.6 is 11.3 Å². The zero-order valence-electron chi connectivity index (χ0n) is 21.3. The molecule has 2 aromatic carbocycles. The number of nitrogens with zero attached hydrogens (tertiary/aromatic N) is 3. The van der Waals surface area contributed by atoms with Gasteiger partial charge in [0.15, 0.2) is 5.13 Å². The zero-order chi connectivity index (χ0) is 27.7. The molecular formula is C28H26N4O5S2. The molecule has 4 aromatic rings. The maximum Gasteiger partial charge on any atom is 0.256 e. The molecule has 0 unspecified atom stereocenters. The van der Waals surface area contributed by atoms with Crippen LogP contribution in [0.4, 0.5) is 5.13 Å². The van der Waals surface area contributed by atoms with E-state index < -0.39 is 16.1 Å². The summed E-state index contributed by atoms with van der Waals surface area (Å²) in [4.78, 5) is 43.4. The molecule has 1 saturated heterocycles. The Labute approximate surface area is 230 Å². The molecule has 1 fully saturated rings. The first-order chi connectivity index (χ1) is 18.6. The number of thiazole rings is 1. The van der Waals surface area contributed by atoms with Crippen molar-refractivity contribution in [3.8, 4) is 22.4 Å². The average molecular weight is 563 g/mol. The third-order valence-corrected chi connectivity index (χ3v) is 8.53. The molecule has 5 rings (SSSR count). The van der Waals surface area contributed by atoms with Gasteiger partial charge in [-0.25, -0.2) is 17.4 Å². The van der Waals surface area contributed by atoms with Gasteiger partial charge in [0.2, 0.25) is 15.9 Å². The Kier molecular flexibility index (Phi) is 7.19. The first-order valence-corrected chi connectivity index (χ1v) is 15.0. The largest absolute Gasteiger partial charge is 0.327 e. The van der Waals surface area contributed by atoms with E-state index in [2.05, 4.69) is 10.3 Å². The SMILES string of the molecule is Cc1cc(C(=O)N2CCC[C@H]2C(=O)Nc2nc(-c3cccc(-c4ccc(C=O)cc4)c3)cs2)cn1S(C)(=O)=O.